The second kappa shape index (κ2) is 7.84. The van der Waals surface area contributed by atoms with Gasteiger partial charge in [-0.15, -0.1) is 11.8 Å². The number of rotatable bonds is 5. The fraction of sp³-hybridized carbons (Fsp3) is 0.667. The molecule has 0 aromatic rings. The zero-order valence-corrected chi connectivity index (χ0v) is 8.06. The molecule has 1 atom stereocenters. The van der Waals surface area contributed by atoms with Gasteiger partial charge in [-0.1, -0.05) is 0 Å². The average molecular weight is 210 g/mol. The van der Waals surface area contributed by atoms with E-state index in [-0.39, 0.29) is 11.4 Å². The first-order valence-electron chi connectivity index (χ1n) is 3.34. The Morgan fingerprint density at radius 3 is 2.54 bits per heavy atom. The number of carbonyl (C=O) groups is 2. The maximum Gasteiger partial charge on any atom is 0.321 e. The smallest absolute Gasteiger partial charge is 0.321 e. The van der Waals surface area contributed by atoms with E-state index < -0.39 is 12.0 Å². The van der Waals surface area contributed by atoms with Gasteiger partial charge in [-0.25, -0.2) is 0 Å². The van der Waals surface area contributed by atoms with Crippen molar-refractivity contribution in [3.05, 3.63) is 0 Å². The van der Waals surface area contributed by atoms with Crippen LogP contribution in [0.5, 0.6) is 0 Å². The molecule has 1 unspecified atom stereocenters. The number of nitrogens with two attached hydrogens (primary N) is 1. The largest absolute Gasteiger partial charge is 0.480 e. The SMILES string of the molecule is CC(=O)NCSCC(N)C(=O)O.O. The molecule has 0 aliphatic rings. The lowest BCUT2D eigenvalue weighted by molar-refractivity contribution is -0.137. The van der Waals surface area contributed by atoms with Gasteiger partial charge in [0.05, 0.1) is 5.88 Å². The summed E-state index contributed by atoms with van der Waals surface area (Å²) in [7, 11) is 0. The van der Waals surface area contributed by atoms with Gasteiger partial charge in [0, 0.05) is 12.7 Å². The summed E-state index contributed by atoms with van der Waals surface area (Å²) in [5, 5.41) is 10.9. The van der Waals surface area contributed by atoms with Crippen LogP contribution in [0.1, 0.15) is 6.92 Å². The summed E-state index contributed by atoms with van der Waals surface area (Å²) in [6.07, 6.45) is 0. The molecule has 0 rings (SSSR count). The predicted molar refractivity (Wildman–Crippen MR) is 50.4 cm³/mol. The first kappa shape index (κ1) is 14.7. The zero-order chi connectivity index (χ0) is 9.56. The van der Waals surface area contributed by atoms with Gasteiger partial charge in [0.15, 0.2) is 0 Å². The summed E-state index contributed by atoms with van der Waals surface area (Å²) in [5.74, 6) is -0.455. The van der Waals surface area contributed by atoms with Gasteiger partial charge in [0.1, 0.15) is 6.04 Å². The Hall–Kier alpha value is -0.790. The highest BCUT2D eigenvalue weighted by atomic mass is 32.2. The molecule has 0 aromatic carbocycles. The van der Waals surface area contributed by atoms with Gasteiger partial charge in [0.25, 0.3) is 0 Å². The third-order valence-electron chi connectivity index (χ3n) is 1.04. The van der Waals surface area contributed by atoms with E-state index in [0.29, 0.717) is 11.6 Å². The Morgan fingerprint density at radius 2 is 2.15 bits per heavy atom. The number of nitrogens with one attached hydrogen (secondary N) is 1. The van der Waals surface area contributed by atoms with Crippen molar-refractivity contribution in [3.63, 3.8) is 0 Å². The highest BCUT2D eigenvalue weighted by Gasteiger charge is 2.10. The highest BCUT2D eigenvalue weighted by Crippen LogP contribution is 1.98. The zero-order valence-electron chi connectivity index (χ0n) is 7.24. The van der Waals surface area contributed by atoms with Crippen molar-refractivity contribution >= 4 is 23.6 Å². The van der Waals surface area contributed by atoms with Gasteiger partial charge < -0.3 is 21.6 Å². The Labute approximate surface area is 80.2 Å². The fourth-order valence-corrected chi connectivity index (χ4v) is 1.23. The molecule has 6 N–H and O–H groups in total. The summed E-state index contributed by atoms with van der Waals surface area (Å²) < 4.78 is 0. The summed E-state index contributed by atoms with van der Waals surface area (Å²) in [4.78, 5) is 20.6. The van der Waals surface area contributed by atoms with E-state index in [1.807, 2.05) is 0 Å². The molecule has 0 saturated heterocycles. The van der Waals surface area contributed by atoms with Gasteiger partial charge >= 0.3 is 5.97 Å². The predicted octanol–water partition coefficient (Wildman–Crippen LogP) is -1.60. The van der Waals surface area contributed by atoms with Crippen molar-refractivity contribution in [1.82, 2.24) is 5.32 Å². The van der Waals surface area contributed by atoms with Crippen LogP contribution in [0.3, 0.4) is 0 Å². The topological polar surface area (TPSA) is 124 Å². The van der Waals surface area contributed by atoms with Gasteiger partial charge in [-0.3, -0.25) is 9.59 Å². The van der Waals surface area contributed by atoms with Crippen molar-refractivity contribution in [2.24, 2.45) is 5.73 Å². The van der Waals surface area contributed by atoms with Crippen molar-refractivity contribution < 1.29 is 20.2 Å². The number of hydrogen-bond donors (Lipinski definition) is 3. The number of carboxylic acids is 1. The Kier molecular flexibility index (Phi) is 8.87. The number of carboxylic acid groups (broad SMARTS) is 1. The molecule has 0 saturated carbocycles. The highest BCUT2D eigenvalue weighted by molar-refractivity contribution is 7.99. The molecular formula is C6H14N2O4S. The fourth-order valence-electron chi connectivity index (χ4n) is 0.410. The molecule has 0 spiro atoms. The Bertz CT molecular complexity index is 176. The molecule has 0 aliphatic carbocycles. The summed E-state index contributed by atoms with van der Waals surface area (Å²) >= 11 is 1.28. The lowest BCUT2D eigenvalue weighted by atomic mass is 10.4. The minimum absolute atomic E-state index is 0. The number of hydrogen-bond acceptors (Lipinski definition) is 4. The number of carbonyl (C=O) groups excluding carboxylic acids is 1. The maximum atomic E-state index is 10.4. The number of amides is 1. The second-order valence-corrected chi connectivity index (χ2v) is 3.22. The van der Waals surface area contributed by atoms with Crippen LogP contribution in [0, 0.1) is 0 Å². The number of aliphatic carboxylic acids is 1. The van der Waals surface area contributed by atoms with Crippen molar-refractivity contribution in [2.75, 3.05) is 11.6 Å². The van der Waals surface area contributed by atoms with Crippen LogP contribution in [-0.4, -0.2) is 40.1 Å². The van der Waals surface area contributed by atoms with Gasteiger partial charge in [0.2, 0.25) is 5.91 Å². The molecule has 0 heterocycles. The van der Waals surface area contributed by atoms with E-state index in [4.69, 9.17) is 10.8 Å². The van der Waals surface area contributed by atoms with Crippen LogP contribution in [-0.2, 0) is 9.59 Å². The minimum atomic E-state index is -1.02. The standard InChI is InChI=1S/C6H12N2O3S.H2O/c1-4(9)8-3-12-2-5(7)6(10)11;/h5H,2-3,7H2,1H3,(H,8,9)(H,10,11);1H2. The molecule has 0 fully saturated rings. The molecule has 7 heteroatoms. The van der Waals surface area contributed by atoms with E-state index in [1.165, 1.54) is 18.7 Å². The lowest BCUT2D eigenvalue weighted by Gasteiger charge is -2.05. The Balaban J connectivity index is 0. The molecule has 6 nitrogen and oxygen atoms in total. The van der Waals surface area contributed by atoms with Crippen LogP contribution < -0.4 is 11.1 Å². The first-order chi connectivity index (χ1) is 5.54. The summed E-state index contributed by atoms with van der Waals surface area (Å²) in [6.45, 7) is 1.40. The van der Waals surface area contributed by atoms with Crippen LogP contribution in [0.25, 0.3) is 0 Å². The van der Waals surface area contributed by atoms with E-state index in [0.717, 1.165) is 0 Å². The second-order valence-electron chi connectivity index (χ2n) is 2.19. The van der Waals surface area contributed by atoms with Crippen LogP contribution >= 0.6 is 11.8 Å². The maximum absolute atomic E-state index is 10.4. The quantitative estimate of drug-likeness (QED) is 0.372. The minimum Gasteiger partial charge on any atom is -0.480 e. The third kappa shape index (κ3) is 9.12. The normalized spacial score (nSPS) is 11.2. The molecule has 0 aromatic heterocycles. The van der Waals surface area contributed by atoms with Crippen LogP contribution in [0.2, 0.25) is 0 Å². The van der Waals surface area contributed by atoms with E-state index >= 15 is 0 Å². The number of thioether (sulfide) groups is 1. The molecule has 13 heavy (non-hydrogen) atoms. The van der Waals surface area contributed by atoms with Gasteiger partial charge in [-0.05, 0) is 0 Å². The molecular weight excluding hydrogens is 196 g/mol. The molecule has 0 radical (unpaired) electrons. The van der Waals surface area contributed by atoms with Gasteiger partial charge in [-0.2, -0.15) is 0 Å². The van der Waals surface area contributed by atoms with Crippen LogP contribution in [0.4, 0.5) is 0 Å². The van der Waals surface area contributed by atoms with Crippen molar-refractivity contribution in [3.8, 4) is 0 Å². The lowest BCUT2D eigenvalue weighted by Crippen LogP contribution is -2.33. The van der Waals surface area contributed by atoms with E-state index in [1.54, 1.807) is 0 Å². The first-order valence-corrected chi connectivity index (χ1v) is 4.50. The average Bonchev–Trinajstić information content (AvgIpc) is 1.97. The third-order valence-corrected chi connectivity index (χ3v) is 1.98. The molecule has 78 valence electrons. The molecule has 0 aliphatic heterocycles. The molecule has 0 bridgehead atoms. The summed E-state index contributed by atoms with van der Waals surface area (Å²) in [5.41, 5.74) is 5.20. The Morgan fingerprint density at radius 1 is 1.62 bits per heavy atom. The van der Waals surface area contributed by atoms with Crippen molar-refractivity contribution in [1.29, 1.82) is 0 Å². The molecule has 1 amide bonds. The summed E-state index contributed by atoms with van der Waals surface area (Å²) in [6, 6.07) is -0.858. The monoisotopic (exact) mass is 210 g/mol. The van der Waals surface area contributed by atoms with E-state index in [9.17, 15) is 9.59 Å². The van der Waals surface area contributed by atoms with Crippen molar-refractivity contribution in [2.45, 2.75) is 13.0 Å². The van der Waals surface area contributed by atoms with Crippen LogP contribution in [0.15, 0.2) is 0 Å². The van der Waals surface area contributed by atoms with E-state index in [2.05, 4.69) is 5.32 Å².